The number of carbonyl (C=O) groups excluding carboxylic acids is 2. The van der Waals surface area contributed by atoms with Gasteiger partial charge in [0.2, 0.25) is 0 Å². The number of benzene rings is 3. The van der Waals surface area contributed by atoms with Crippen LogP contribution >= 0.6 is 0 Å². The topological polar surface area (TPSA) is 67.8 Å². The number of nitrogens with one attached hydrogen (secondary N) is 1. The molecule has 1 amide bonds. The Labute approximate surface area is 216 Å². The third-order valence-corrected chi connectivity index (χ3v) is 6.30. The van der Waals surface area contributed by atoms with Crippen LogP contribution in [0.4, 0.5) is 8.78 Å². The van der Waals surface area contributed by atoms with Crippen LogP contribution in [0.5, 0.6) is 5.75 Å². The highest BCUT2D eigenvalue weighted by atomic mass is 19.3. The van der Waals surface area contributed by atoms with Gasteiger partial charge in [0, 0.05) is 17.9 Å². The second-order valence-electron chi connectivity index (χ2n) is 10.3. The van der Waals surface area contributed by atoms with Gasteiger partial charge in [0.1, 0.15) is 18.6 Å². The minimum atomic E-state index is -2.93. The maximum absolute atomic E-state index is 13.6. The van der Waals surface area contributed by atoms with Crippen molar-refractivity contribution in [1.82, 2.24) is 5.32 Å². The summed E-state index contributed by atoms with van der Waals surface area (Å²) in [7, 11) is 0. The van der Waals surface area contributed by atoms with Gasteiger partial charge in [-0.05, 0) is 54.1 Å². The van der Waals surface area contributed by atoms with E-state index in [0.717, 1.165) is 29.5 Å². The van der Waals surface area contributed by atoms with Crippen LogP contribution in [-0.2, 0) is 17.3 Å². The molecule has 0 aliphatic rings. The predicted molar refractivity (Wildman–Crippen MR) is 144 cm³/mol. The zero-order chi connectivity index (χ0) is 27.4. The van der Waals surface area contributed by atoms with E-state index in [9.17, 15) is 18.4 Å². The number of hydrogen-bond donors (Lipinski definition) is 1. The Morgan fingerprint density at radius 2 is 1.70 bits per heavy atom. The van der Waals surface area contributed by atoms with Gasteiger partial charge < -0.3 is 14.8 Å². The second-order valence-corrected chi connectivity index (χ2v) is 10.3. The van der Waals surface area contributed by atoms with Crippen LogP contribution in [0, 0.1) is 5.41 Å². The number of alkyl halides is 2. The van der Waals surface area contributed by atoms with Gasteiger partial charge in [-0.3, -0.25) is 9.79 Å². The molecule has 37 heavy (non-hydrogen) atoms. The third kappa shape index (κ3) is 6.79. The van der Waals surface area contributed by atoms with Crippen LogP contribution < -0.4 is 10.1 Å². The van der Waals surface area contributed by atoms with E-state index in [1.165, 1.54) is 12.1 Å². The van der Waals surface area contributed by atoms with Gasteiger partial charge in [-0.25, -0.2) is 8.78 Å². The van der Waals surface area contributed by atoms with Gasteiger partial charge in [0.05, 0.1) is 17.6 Å². The van der Waals surface area contributed by atoms with Gasteiger partial charge in [-0.1, -0.05) is 63.2 Å². The molecular weight excluding hydrogens is 474 g/mol. The van der Waals surface area contributed by atoms with Crippen molar-refractivity contribution in [1.29, 1.82) is 0 Å². The molecule has 0 fully saturated rings. The Morgan fingerprint density at radius 3 is 2.27 bits per heavy atom. The third-order valence-electron chi connectivity index (χ3n) is 6.30. The van der Waals surface area contributed by atoms with Gasteiger partial charge in [-0.15, -0.1) is 0 Å². The first-order valence-electron chi connectivity index (χ1n) is 12.3. The van der Waals surface area contributed by atoms with Crippen molar-refractivity contribution in [2.24, 2.45) is 10.4 Å². The Bertz CT molecular complexity index is 1290. The summed E-state index contributed by atoms with van der Waals surface area (Å²) in [4.78, 5) is 29.5. The maximum Gasteiger partial charge on any atom is 0.270 e. The lowest BCUT2D eigenvalue weighted by Crippen LogP contribution is -2.44. The molecule has 196 valence electrons. The van der Waals surface area contributed by atoms with E-state index in [1.807, 2.05) is 58.9 Å². The fraction of sp³-hybridized carbons (Fsp3) is 0.367. The first kappa shape index (κ1) is 28.0. The average molecular weight is 509 g/mol. The minimum absolute atomic E-state index is 0.0677. The summed E-state index contributed by atoms with van der Waals surface area (Å²) in [6.45, 7) is 10.4. The number of rotatable bonds is 9. The standard InChI is InChI=1S/C30H34F2N2O3/c1-7-33-19(2)22-11-10-21-12-15-24(28(36)34-26(17-35)29(3,4)5)27(25(21)16-22)37-18-20-8-13-23(14-9-20)30(6,31)32/h7-17,19,26H,18H2,1-6H3,(H,34,36)/b33-7-. The lowest BCUT2D eigenvalue weighted by Gasteiger charge is -2.27. The molecule has 0 aromatic heterocycles. The van der Waals surface area contributed by atoms with Crippen molar-refractivity contribution in [3.63, 3.8) is 0 Å². The number of amides is 1. The van der Waals surface area contributed by atoms with E-state index >= 15 is 0 Å². The molecular formula is C30H34F2N2O3. The number of fused-ring (bicyclic) bond motifs is 1. The number of nitrogens with zero attached hydrogens (tertiary/aromatic N) is 1. The van der Waals surface area contributed by atoms with E-state index in [-0.39, 0.29) is 23.8 Å². The molecule has 1 N–H and O–H groups in total. The molecule has 0 saturated heterocycles. The van der Waals surface area contributed by atoms with Crippen molar-refractivity contribution in [2.45, 2.75) is 66.2 Å². The second kappa shape index (κ2) is 11.2. The summed E-state index contributed by atoms with van der Waals surface area (Å²) in [6, 6.07) is 14.5. The minimum Gasteiger partial charge on any atom is -0.487 e. The summed E-state index contributed by atoms with van der Waals surface area (Å²) < 4.78 is 33.4. The first-order valence-corrected chi connectivity index (χ1v) is 12.3. The van der Waals surface area contributed by atoms with Gasteiger partial charge in [0.15, 0.2) is 0 Å². The molecule has 3 aromatic carbocycles. The molecule has 3 rings (SSSR count). The summed E-state index contributed by atoms with van der Waals surface area (Å²) in [5, 5.41) is 4.40. The molecule has 0 spiro atoms. The fourth-order valence-corrected chi connectivity index (χ4v) is 3.94. The maximum atomic E-state index is 13.6. The lowest BCUT2D eigenvalue weighted by molar-refractivity contribution is -0.111. The van der Waals surface area contributed by atoms with Crippen molar-refractivity contribution in [3.8, 4) is 5.75 Å². The highest BCUT2D eigenvalue weighted by Crippen LogP contribution is 2.34. The quantitative estimate of drug-likeness (QED) is 0.249. The number of hydrogen-bond acceptors (Lipinski definition) is 4. The van der Waals surface area contributed by atoms with Gasteiger partial charge in [0.25, 0.3) is 11.8 Å². The molecule has 3 aromatic rings. The van der Waals surface area contributed by atoms with Crippen LogP contribution in [0.3, 0.4) is 0 Å². The summed E-state index contributed by atoms with van der Waals surface area (Å²) >= 11 is 0. The zero-order valence-corrected chi connectivity index (χ0v) is 22.1. The first-order chi connectivity index (χ1) is 17.3. The number of halogens is 2. The van der Waals surface area contributed by atoms with E-state index in [0.29, 0.717) is 11.3 Å². The molecule has 0 aliphatic carbocycles. The van der Waals surface area contributed by atoms with Gasteiger partial charge in [-0.2, -0.15) is 0 Å². The molecule has 2 unspecified atom stereocenters. The van der Waals surface area contributed by atoms with Crippen molar-refractivity contribution in [2.75, 3.05) is 0 Å². The molecule has 0 heterocycles. The van der Waals surface area contributed by atoms with E-state index < -0.39 is 23.3 Å². The van der Waals surface area contributed by atoms with E-state index in [4.69, 9.17) is 4.74 Å². The van der Waals surface area contributed by atoms with Crippen LogP contribution in [0.2, 0.25) is 0 Å². The fourth-order valence-electron chi connectivity index (χ4n) is 3.94. The Kier molecular flexibility index (Phi) is 8.46. The summed E-state index contributed by atoms with van der Waals surface area (Å²) in [6.07, 6.45) is 2.47. The molecule has 0 saturated carbocycles. The molecule has 2 atom stereocenters. The number of ether oxygens (including phenoxy) is 1. The Hall–Kier alpha value is -3.61. The van der Waals surface area contributed by atoms with E-state index in [2.05, 4.69) is 10.3 Å². The van der Waals surface area contributed by atoms with Crippen LogP contribution in [-0.4, -0.2) is 24.4 Å². The Balaban J connectivity index is 2.05. The largest absolute Gasteiger partial charge is 0.487 e. The monoisotopic (exact) mass is 508 g/mol. The normalized spacial score (nSPS) is 13.9. The summed E-state index contributed by atoms with van der Waals surface area (Å²) in [5.41, 5.74) is 1.35. The summed E-state index contributed by atoms with van der Waals surface area (Å²) in [5.74, 6) is -3.01. The molecule has 5 nitrogen and oxygen atoms in total. The van der Waals surface area contributed by atoms with Crippen molar-refractivity contribution < 1.29 is 23.1 Å². The zero-order valence-electron chi connectivity index (χ0n) is 22.1. The van der Waals surface area contributed by atoms with Crippen LogP contribution in [0.1, 0.15) is 74.6 Å². The smallest absolute Gasteiger partial charge is 0.270 e. The highest BCUT2D eigenvalue weighted by Gasteiger charge is 2.28. The van der Waals surface area contributed by atoms with Crippen molar-refractivity contribution >= 4 is 29.2 Å². The van der Waals surface area contributed by atoms with Crippen LogP contribution in [0.15, 0.2) is 59.6 Å². The lowest BCUT2D eigenvalue weighted by atomic mass is 9.87. The molecule has 7 heteroatoms. The number of aldehydes is 1. The average Bonchev–Trinajstić information content (AvgIpc) is 2.84. The molecule has 0 aliphatic heterocycles. The Morgan fingerprint density at radius 1 is 1.05 bits per heavy atom. The van der Waals surface area contributed by atoms with E-state index in [1.54, 1.807) is 24.4 Å². The highest BCUT2D eigenvalue weighted by molar-refractivity contribution is 6.04. The SMILES string of the molecule is C/C=N\C(C)c1ccc2ccc(C(=O)NC(C=O)C(C)(C)C)c(OCc3ccc(C(C)(F)F)cc3)c2c1. The number of carbonyl (C=O) groups is 2. The van der Waals surface area contributed by atoms with Gasteiger partial charge >= 0.3 is 0 Å². The molecule has 0 bridgehead atoms. The van der Waals surface area contributed by atoms with Crippen LogP contribution in [0.25, 0.3) is 10.8 Å². The predicted octanol–water partition coefficient (Wildman–Crippen LogP) is 7.03. The number of aliphatic imine (C=N–C) groups is 1. The van der Waals surface area contributed by atoms with Crippen molar-refractivity contribution in [3.05, 3.63) is 76.9 Å². The molecule has 0 radical (unpaired) electrons.